The lowest BCUT2D eigenvalue weighted by Gasteiger charge is -2.22. The Morgan fingerprint density at radius 3 is 2.36 bits per heavy atom. The average Bonchev–Trinajstić information content (AvgIpc) is 2.86. The fourth-order valence-electron chi connectivity index (χ4n) is 2.41. The highest BCUT2D eigenvalue weighted by atomic mass is 19.4. The first kappa shape index (κ1) is 19.1. The minimum Gasteiger partial charge on any atom is -0.341 e. The van der Waals surface area contributed by atoms with E-state index in [2.05, 4.69) is 4.98 Å². The second-order valence-corrected chi connectivity index (χ2v) is 5.35. The number of aromatic nitrogens is 2. The van der Waals surface area contributed by atoms with E-state index in [4.69, 9.17) is 0 Å². The van der Waals surface area contributed by atoms with Gasteiger partial charge >= 0.3 is 12.4 Å². The highest BCUT2D eigenvalue weighted by molar-refractivity contribution is 5.81. The summed E-state index contributed by atoms with van der Waals surface area (Å²) in [5.74, 6) is -2.09. The van der Waals surface area contributed by atoms with Gasteiger partial charge in [-0.2, -0.15) is 26.3 Å². The van der Waals surface area contributed by atoms with Gasteiger partial charge in [0, 0.05) is 13.1 Å². The zero-order valence-corrected chi connectivity index (χ0v) is 13.2. The molecule has 0 atom stereocenters. The van der Waals surface area contributed by atoms with Crippen LogP contribution in [0.2, 0.25) is 0 Å². The summed E-state index contributed by atoms with van der Waals surface area (Å²) in [6, 6.07) is 5.74. The lowest BCUT2D eigenvalue weighted by atomic mass is 10.3. The Morgan fingerprint density at radius 2 is 1.80 bits per heavy atom. The normalized spacial score (nSPS) is 12.6. The second-order valence-electron chi connectivity index (χ2n) is 5.35. The minimum absolute atomic E-state index is 0.0388. The van der Waals surface area contributed by atoms with E-state index >= 15 is 0 Å². The fourth-order valence-corrected chi connectivity index (χ4v) is 2.41. The first-order chi connectivity index (χ1) is 11.5. The molecule has 25 heavy (non-hydrogen) atoms. The quantitative estimate of drug-likeness (QED) is 0.753. The molecule has 10 heteroatoms. The standard InChI is InChI=1S/C15H15F6N3O/c1-2-23(8-7-14(16,17)18)12(25)9-24-11-6-4-3-5-10(11)22-13(24)15(19,20)21/h3-6H,2,7-9H2,1H3. The number of nitrogens with zero attached hydrogens (tertiary/aromatic N) is 3. The topological polar surface area (TPSA) is 38.1 Å². The summed E-state index contributed by atoms with van der Waals surface area (Å²) in [4.78, 5) is 16.6. The van der Waals surface area contributed by atoms with Crippen LogP contribution >= 0.6 is 0 Å². The van der Waals surface area contributed by atoms with Gasteiger partial charge in [-0.15, -0.1) is 0 Å². The smallest absolute Gasteiger partial charge is 0.341 e. The summed E-state index contributed by atoms with van der Waals surface area (Å²) in [7, 11) is 0. The first-order valence-corrected chi connectivity index (χ1v) is 7.40. The van der Waals surface area contributed by atoms with Gasteiger partial charge in [0.15, 0.2) is 0 Å². The number of halogens is 6. The van der Waals surface area contributed by atoms with Gasteiger partial charge in [-0.1, -0.05) is 12.1 Å². The molecule has 0 unspecified atom stereocenters. The lowest BCUT2D eigenvalue weighted by molar-refractivity contribution is -0.149. The van der Waals surface area contributed by atoms with E-state index in [9.17, 15) is 31.1 Å². The van der Waals surface area contributed by atoms with Gasteiger partial charge in [-0.3, -0.25) is 4.79 Å². The number of carbonyl (C=O) groups excluding carboxylic acids is 1. The van der Waals surface area contributed by atoms with Crippen LogP contribution in [0.15, 0.2) is 24.3 Å². The minimum atomic E-state index is -4.79. The molecule has 0 spiro atoms. The third-order valence-electron chi connectivity index (χ3n) is 3.60. The van der Waals surface area contributed by atoms with E-state index in [-0.39, 0.29) is 17.6 Å². The van der Waals surface area contributed by atoms with E-state index in [0.29, 0.717) is 4.57 Å². The highest BCUT2D eigenvalue weighted by Crippen LogP contribution is 2.31. The van der Waals surface area contributed by atoms with Crippen LogP contribution in [0.25, 0.3) is 11.0 Å². The molecular weight excluding hydrogens is 352 g/mol. The third kappa shape index (κ3) is 4.64. The number of alkyl halides is 6. The van der Waals surface area contributed by atoms with Gasteiger partial charge in [-0.25, -0.2) is 4.98 Å². The number of hydrogen-bond donors (Lipinski definition) is 0. The van der Waals surface area contributed by atoms with Gasteiger partial charge in [0.2, 0.25) is 11.7 Å². The molecule has 0 bridgehead atoms. The Bertz CT molecular complexity index is 750. The van der Waals surface area contributed by atoms with Crippen LogP contribution in [-0.4, -0.2) is 39.6 Å². The number of benzene rings is 1. The van der Waals surface area contributed by atoms with E-state index in [1.54, 1.807) is 0 Å². The van der Waals surface area contributed by atoms with Crippen molar-refractivity contribution < 1.29 is 31.1 Å². The molecule has 1 amide bonds. The summed E-state index contributed by atoms with van der Waals surface area (Å²) in [5, 5.41) is 0. The maximum atomic E-state index is 13.2. The van der Waals surface area contributed by atoms with Crippen LogP contribution in [0.4, 0.5) is 26.3 Å². The van der Waals surface area contributed by atoms with Crippen molar-refractivity contribution in [2.45, 2.75) is 32.2 Å². The van der Waals surface area contributed by atoms with Crippen molar-refractivity contribution in [2.24, 2.45) is 0 Å². The van der Waals surface area contributed by atoms with Crippen molar-refractivity contribution in [1.29, 1.82) is 0 Å². The zero-order chi connectivity index (χ0) is 18.8. The summed E-state index contributed by atoms with van der Waals surface area (Å²) in [6.45, 7) is 0.0850. The molecule has 138 valence electrons. The van der Waals surface area contributed by atoms with Crippen molar-refractivity contribution in [3.8, 4) is 0 Å². The molecule has 0 aliphatic heterocycles. The van der Waals surface area contributed by atoms with Crippen molar-refractivity contribution >= 4 is 16.9 Å². The average molecular weight is 367 g/mol. The Hall–Kier alpha value is -2.26. The van der Waals surface area contributed by atoms with Gasteiger partial charge < -0.3 is 9.47 Å². The maximum absolute atomic E-state index is 13.2. The number of hydrogen-bond acceptors (Lipinski definition) is 2. The summed E-state index contributed by atoms with van der Waals surface area (Å²) < 4.78 is 77.1. The number of rotatable bonds is 5. The zero-order valence-electron chi connectivity index (χ0n) is 13.2. The van der Waals surface area contributed by atoms with Crippen LogP contribution < -0.4 is 0 Å². The fraction of sp³-hybridized carbons (Fsp3) is 0.467. The van der Waals surface area contributed by atoms with Crippen LogP contribution in [-0.2, 0) is 17.5 Å². The number of para-hydroxylation sites is 2. The SMILES string of the molecule is CCN(CCC(F)(F)F)C(=O)Cn1c(C(F)(F)F)nc2ccccc21. The largest absolute Gasteiger partial charge is 0.449 e. The molecular formula is C15H15F6N3O. The van der Waals surface area contributed by atoms with Crippen LogP contribution in [0.3, 0.4) is 0 Å². The number of fused-ring (bicyclic) bond motifs is 1. The van der Waals surface area contributed by atoms with Gasteiger partial charge in [0.05, 0.1) is 17.5 Å². The van der Waals surface area contributed by atoms with Crippen LogP contribution in [0.1, 0.15) is 19.2 Å². The summed E-state index contributed by atoms with van der Waals surface area (Å²) >= 11 is 0. The third-order valence-corrected chi connectivity index (χ3v) is 3.60. The predicted octanol–water partition coefficient (Wildman–Crippen LogP) is 3.86. The molecule has 0 aliphatic rings. The molecule has 2 rings (SSSR count). The molecule has 1 heterocycles. The molecule has 0 fully saturated rings. The van der Waals surface area contributed by atoms with Crippen molar-refractivity contribution in [3.05, 3.63) is 30.1 Å². The molecule has 2 aromatic rings. The van der Waals surface area contributed by atoms with Gasteiger partial charge in [-0.05, 0) is 19.1 Å². The van der Waals surface area contributed by atoms with Crippen molar-refractivity contribution in [1.82, 2.24) is 14.5 Å². The molecule has 1 aromatic carbocycles. The molecule has 0 N–H and O–H groups in total. The molecule has 4 nitrogen and oxygen atoms in total. The van der Waals surface area contributed by atoms with E-state index in [1.807, 2.05) is 0 Å². The van der Waals surface area contributed by atoms with Gasteiger partial charge in [0.1, 0.15) is 6.54 Å². The Kier molecular flexibility index (Phi) is 5.28. The van der Waals surface area contributed by atoms with E-state index in [1.165, 1.54) is 31.2 Å². The number of carbonyl (C=O) groups is 1. The molecule has 0 saturated heterocycles. The second kappa shape index (κ2) is 6.93. The van der Waals surface area contributed by atoms with Crippen molar-refractivity contribution in [2.75, 3.05) is 13.1 Å². The molecule has 1 aromatic heterocycles. The number of amides is 1. The number of likely N-dealkylation sites (N-methyl/N-ethyl adjacent to an activating group) is 1. The van der Waals surface area contributed by atoms with Crippen LogP contribution in [0, 0.1) is 0 Å². The van der Waals surface area contributed by atoms with E-state index < -0.39 is 43.6 Å². The number of imidazole rings is 1. The molecule has 0 saturated carbocycles. The van der Waals surface area contributed by atoms with E-state index in [0.717, 1.165) is 4.90 Å². The monoisotopic (exact) mass is 367 g/mol. The Morgan fingerprint density at radius 1 is 1.16 bits per heavy atom. The van der Waals surface area contributed by atoms with Crippen LogP contribution in [0.5, 0.6) is 0 Å². The molecule has 0 aliphatic carbocycles. The van der Waals surface area contributed by atoms with Crippen molar-refractivity contribution in [3.63, 3.8) is 0 Å². The first-order valence-electron chi connectivity index (χ1n) is 7.40. The van der Waals surface area contributed by atoms with Gasteiger partial charge in [0.25, 0.3) is 0 Å². The maximum Gasteiger partial charge on any atom is 0.449 e. The Balaban J connectivity index is 2.30. The Labute approximate surface area is 139 Å². The highest BCUT2D eigenvalue weighted by Gasteiger charge is 2.38. The summed E-state index contributed by atoms with van der Waals surface area (Å²) in [6.07, 6.45) is -10.5. The predicted molar refractivity (Wildman–Crippen MR) is 77.7 cm³/mol. The molecule has 0 radical (unpaired) electrons. The summed E-state index contributed by atoms with van der Waals surface area (Å²) in [5.41, 5.74) is 0.149. The lowest BCUT2D eigenvalue weighted by Crippen LogP contribution is -2.37.